The Balaban J connectivity index is 2.37. The quantitative estimate of drug-likeness (QED) is 0.681. The van der Waals surface area contributed by atoms with E-state index in [0.29, 0.717) is 0 Å². The Morgan fingerprint density at radius 1 is 1.38 bits per heavy atom. The van der Waals surface area contributed by atoms with Gasteiger partial charge in [0.25, 0.3) is 0 Å². The molecule has 1 aliphatic carbocycles. The van der Waals surface area contributed by atoms with Gasteiger partial charge in [0, 0.05) is 22.2 Å². The number of nitrogens with two attached hydrogens (primary N) is 1. The average Bonchev–Trinajstić information content (AvgIpc) is 2.47. The van der Waals surface area contributed by atoms with Crippen molar-refractivity contribution >= 4 is 29.4 Å². The molecule has 0 fully saturated rings. The average molecular weight is 229 g/mol. The van der Waals surface area contributed by atoms with Crippen LogP contribution in [0.4, 0.5) is 11.4 Å². The molecule has 4 heteroatoms. The monoisotopic (exact) mass is 229 g/mol. The number of hydrogen-bond acceptors (Lipinski definition) is 4. The third-order valence-corrected chi connectivity index (χ3v) is 3.41. The van der Waals surface area contributed by atoms with E-state index in [1.807, 2.05) is 18.2 Å². The van der Waals surface area contributed by atoms with E-state index in [4.69, 9.17) is 5.73 Å². The highest BCUT2D eigenvalue weighted by Gasteiger charge is 2.23. The highest BCUT2D eigenvalue weighted by atomic mass is 32.2. The largest absolute Gasteiger partial charge is 0.396 e. The van der Waals surface area contributed by atoms with Crippen molar-refractivity contribution in [3.8, 4) is 11.3 Å². The number of nitrogens with one attached hydrogen (secondary N) is 1. The van der Waals surface area contributed by atoms with Crippen LogP contribution >= 0.6 is 11.9 Å². The lowest BCUT2D eigenvalue weighted by molar-refractivity contribution is 1.38. The van der Waals surface area contributed by atoms with Crippen molar-refractivity contribution in [3.05, 3.63) is 34.9 Å². The summed E-state index contributed by atoms with van der Waals surface area (Å²) in [6, 6.07) is 5.93. The van der Waals surface area contributed by atoms with Gasteiger partial charge in [0.1, 0.15) is 0 Å². The fourth-order valence-corrected chi connectivity index (χ4v) is 2.58. The number of nitrogens with zero attached hydrogens (tertiary/aromatic N) is 1. The van der Waals surface area contributed by atoms with Crippen LogP contribution < -0.4 is 10.5 Å². The summed E-state index contributed by atoms with van der Waals surface area (Å²) < 4.78 is 3.32. The molecular formula is C12H11N3S. The zero-order valence-corrected chi connectivity index (χ0v) is 9.64. The van der Waals surface area contributed by atoms with Gasteiger partial charge in [-0.15, -0.1) is 0 Å². The molecule has 0 radical (unpaired) electrons. The van der Waals surface area contributed by atoms with Crippen molar-refractivity contribution in [2.24, 2.45) is 0 Å². The maximum absolute atomic E-state index is 6.12. The Labute approximate surface area is 98.2 Å². The summed E-state index contributed by atoms with van der Waals surface area (Å²) in [7, 11) is 0. The Morgan fingerprint density at radius 2 is 2.25 bits per heavy atom. The molecule has 2 aliphatic heterocycles. The molecule has 3 N–H and O–H groups in total. The first kappa shape index (κ1) is 9.54. The highest BCUT2D eigenvalue weighted by molar-refractivity contribution is 8.04. The van der Waals surface area contributed by atoms with Crippen molar-refractivity contribution in [1.82, 2.24) is 4.98 Å². The molecule has 3 rings (SSSR count). The fourth-order valence-electron chi connectivity index (χ4n) is 1.92. The lowest BCUT2D eigenvalue weighted by Crippen LogP contribution is -1.94. The van der Waals surface area contributed by atoms with Gasteiger partial charge < -0.3 is 10.5 Å². The second-order valence-corrected chi connectivity index (χ2v) is 4.81. The van der Waals surface area contributed by atoms with Gasteiger partial charge in [0.05, 0.1) is 17.1 Å². The fraction of sp³-hybridized carbons (Fsp3) is 0.0833. The van der Waals surface area contributed by atoms with Crippen molar-refractivity contribution in [1.29, 1.82) is 0 Å². The van der Waals surface area contributed by atoms with Crippen molar-refractivity contribution in [2.75, 3.05) is 10.5 Å². The van der Waals surface area contributed by atoms with Crippen LogP contribution in [0.15, 0.2) is 29.3 Å². The third-order valence-electron chi connectivity index (χ3n) is 2.66. The number of hydrogen-bond donors (Lipinski definition) is 2. The molecule has 3 aliphatic rings. The Hall–Kier alpha value is -1.68. The van der Waals surface area contributed by atoms with Crippen LogP contribution in [0.1, 0.15) is 12.5 Å². The van der Waals surface area contributed by atoms with E-state index in [0.717, 1.165) is 28.2 Å². The lowest BCUT2D eigenvalue weighted by atomic mass is 10.2. The van der Waals surface area contributed by atoms with Gasteiger partial charge in [0.2, 0.25) is 0 Å². The molecule has 0 spiro atoms. The lowest BCUT2D eigenvalue weighted by Gasteiger charge is -2.12. The van der Waals surface area contributed by atoms with E-state index >= 15 is 0 Å². The maximum atomic E-state index is 6.12. The number of aromatic nitrogens is 1. The summed E-state index contributed by atoms with van der Waals surface area (Å²) >= 11 is 1.61. The molecular weight excluding hydrogens is 218 g/mol. The van der Waals surface area contributed by atoms with E-state index < -0.39 is 0 Å². The Bertz CT molecular complexity index is 563. The molecule has 0 amide bonds. The number of fused-ring (bicyclic) bond motifs is 3. The topological polar surface area (TPSA) is 50.9 Å². The molecule has 0 aromatic rings. The standard InChI is InChI=1S/C12H11N3S/c1-7-6-9-10(13)12-8(11(9)15-16-7)4-2-3-5-14-12/h2-6,15H,13H2,1H3. The molecule has 16 heavy (non-hydrogen) atoms. The van der Waals surface area contributed by atoms with Gasteiger partial charge in [-0.3, -0.25) is 4.98 Å². The van der Waals surface area contributed by atoms with Gasteiger partial charge in [0.15, 0.2) is 0 Å². The van der Waals surface area contributed by atoms with E-state index in [1.165, 1.54) is 4.91 Å². The molecule has 0 saturated heterocycles. The number of nitrogen functional groups attached to an aromatic ring is 1. The molecule has 0 aromatic carbocycles. The molecule has 2 heterocycles. The summed E-state index contributed by atoms with van der Waals surface area (Å²) in [4.78, 5) is 5.58. The van der Waals surface area contributed by atoms with Gasteiger partial charge in [-0.25, -0.2) is 0 Å². The van der Waals surface area contributed by atoms with E-state index in [-0.39, 0.29) is 0 Å². The van der Waals surface area contributed by atoms with Crippen LogP contribution in [0.5, 0.6) is 0 Å². The normalized spacial score (nSPS) is 14.2. The summed E-state index contributed by atoms with van der Waals surface area (Å²) in [6.45, 7) is 2.06. The van der Waals surface area contributed by atoms with Crippen LogP contribution in [-0.2, 0) is 0 Å². The molecule has 0 atom stereocenters. The summed E-state index contributed by atoms with van der Waals surface area (Å²) in [5, 5.41) is 0. The van der Waals surface area contributed by atoms with E-state index in [1.54, 1.807) is 18.1 Å². The van der Waals surface area contributed by atoms with Crippen molar-refractivity contribution in [2.45, 2.75) is 6.92 Å². The summed E-state index contributed by atoms with van der Waals surface area (Å²) in [5.41, 5.74) is 11.0. The Morgan fingerprint density at radius 3 is 3.12 bits per heavy atom. The second kappa shape index (κ2) is 3.42. The summed E-state index contributed by atoms with van der Waals surface area (Å²) in [6.07, 6.45) is 3.88. The molecule has 0 bridgehead atoms. The first-order valence-electron chi connectivity index (χ1n) is 5.04. The molecule has 3 nitrogen and oxygen atoms in total. The number of rotatable bonds is 0. The second-order valence-electron chi connectivity index (χ2n) is 3.75. The van der Waals surface area contributed by atoms with Crippen LogP contribution in [0.2, 0.25) is 0 Å². The van der Waals surface area contributed by atoms with Crippen LogP contribution in [0.3, 0.4) is 0 Å². The zero-order chi connectivity index (χ0) is 11.1. The van der Waals surface area contributed by atoms with Crippen LogP contribution in [0, 0.1) is 0 Å². The van der Waals surface area contributed by atoms with Gasteiger partial charge in [-0.2, -0.15) is 0 Å². The van der Waals surface area contributed by atoms with E-state index in [2.05, 4.69) is 22.7 Å². The number of allylic oxidation sites excluding steroid dienone is 1. The third kappa shape index (κ3) is 1.27. The molecule has 0 unspecified atom stereocenters. The molecule has 0 saturated carbocycles. The van der Waals surface area contributed by atoms with Crippen molar-refractivity contribution < 1.29 is 0 Å². The Kier molecular flexibility index (Phi) is 2.04. The van der Waals surface area contributed by atoms with E-state index in [9.17, 15) is 0 Å². The minimum absolute atomic E-state index is 0.758. The van der Waals surface area contributed by atoms with Gasteiger partial charge in [-0.05, 0) is 31.0 Å². The summed E-state index contributed by atoms with van der Waals surface area (Å²) in [5.74, 6) is 0. The predicted octanol–water partition coefficient (Wildman–Crippen LogP) is 3.20. The number of anilines is 2. The maximum Gasteiger partial charge on any atom is 0.0959 e. The minimum atomic E-state index is 0.758. The smallest absolute Gasteiger partial charge is 0.0959 e. The van der Waals surface area contributed by atoms with Crippen molar-refractivity contribution in [3.63, 3.8) is 0 Å². The predicted molar refractivity (Wildman–Crippen MR) is 70.1 cm³/mol. The molecule has 0 aromatic heterocycles. The SMILES string of the molecule is CC1=Cc2c(N)c3nccccc-3c2NS1. The first-order chi connectivity index (χ1) is 7.77. The van der Waals surface area contributed by atoms with Crippen LogP contribution in [0.25, 0.3) is 17.3 Å². The zero-order valence-electron chi connectivity index (χ0n) is 8.82. The van der Waals surface area contributed by atoms with Gasteiger partial charge in [-0.1, -0.05) is 12.1 Å². The van der Waals surface area contributed by atoms with Crippen LogP contribution in [-0.4, -0.2) is 4.98 Å². The molecule has 80 valence electrons. The van der Waals surface area contributed by atoms with Gasteiger partial charge >= 0.3 is 0 Å². The highest BCUT2D eigenvalue weighted by Crippen LogP contribution is 2.46. The minimum Gasteiger partial charge on any atom is -0.396 e. The first-order valence-corrected chi connectivity index (χ1v) is 5.86.